The number of nitro benzene ring substituents is 1. The standard InChI is InChI=1S/C27H29N5O8S/c1-17(2)15-29-41(36,37)24-14-20(32(34)35)9-12-23(24)40-27-18(3)25(26(33)28-16-22-6-5-13-39-22)30-31(27)19-7-10-21(38-4)11-8-19/h5-14,17,29H,15-16H2,1-4H3,(H,28,33). The second-order valence-corrected chi connectivity index (χ2v) is 11.1. The van der Waals surface area contributed by atoms with E-state index in [0.717, 1.165) is 12.1 Å². The average molecular weight is 584 g/mol. The lowest BCUT2D eigenvalue weighted by Gasteiger charge is -2.15. The van der Waals surface area contributed by atoms with Crippen molar-refractivity contribution in [2.75, 3.05) is 13.7 Å². The number of ether oxygens (including phenoxy) is 2. The first-order valence-electron chi connectivity index (χ1n) is 12.5. The van der Waals surface area contributed by atoms with Gasteiger partial charge in [0, 0.05) is 24.2 Å². The first-order chi connectivity index (χ1) is 19.5. The molecule has 0 saturated heterocycles. The van der Waals surface area contributed by atoms with Crippen LogP contribution in [0.15, 0.2) is 70.2 Å². The number of methoxy groups -OCH3 is 1. The monoisotopic (exact) mass is 583 g/mol. The fourth-order valence-corrected chi connectivity index (χ4v) is 5.10. The molecule has 0 radical (unpaired) electrons. The Morgan fingerprint density at radius 2 is 1.90 bits per heavy atom. The van der Waals surface area contributed by atoms with Gasteiger partial charge in [-0.05, 0) is 55.3 Å². The molecule has 4 aromatic rings. The van der Waals surface area contributed by atoms with E-state index >= 15 is 0 Å². The number of non-ortho nitro benzene ring substituents is 1. The van der Waals surface area contributed by atoms with Gasteiger partial charge in [-0.2, -0.15) is 9.78 Å². The minimum Gasteiger partial charge on any atom is -0.497 e. The number of amides is 1. The van der Waals surface area contributed by atoms with E-state index in [4.69, 9.17) is 13.9 Å². The summed E-state index contributed by atoms with van der Waals surface area (Å²) in [5, 5.41) is 18.7. The molecule has 216 valence electrons. The Labute approximate surface area is 236 Å². The van der Waals surface area contributed by atoms with Gasteiger partial charge in [0.1, 0.15) is 22.2 Å². The Morgan fingerprint density at radius 3 is 2.51 bits per heavy atom. The van der Waals surface area contributed by atoms with E-state index in [-0.39, 0.29) is 36.3 Å². The van der Waals surface area contributed by atoms with Crippen molar-refractivity contribution in [2.24, 2.45) is 5.92 Å². The highest BCUT2D eigenvalue weighted by molar-refractivity contribution is 7.89. The Kier molecular flexibility index (Phi) is 8.74. The fraction of sp³-hybridized carbons (Fsp3) is 0.259. The number of nitrogens with one attached hydrogen (secondary N) is 2. The third-order valence-corrected chi connectivity index (χ3v) is 7.36. The van der Waals surface area contributed by atoms with Crippen molar-refractivity contribution >= 4 is 21.6 Å². The number of hydrogen-bond donors (Lipinski definition) is 2. The maximum Gasteiger partial charge on any atom is 0.272 e. The summed E-state index contributed by atoms with van der Waals surface area (Å²) in [6.07, 6.45) is 1.49. The van der Waals surface area contributed by atoms with E-state index in [1.165, 1.54) is 24.1 Å². The van der Waals surface area contributed by atoms with Crippen LogP contribution in [0.4, 0.5) is 5.69 Å². The number of carbonyl (C=O) groups is 1. The molecule has 2 aromatic heterocycles. The first-order valence-corrected chi connectivity index (χ1v) is 14.0. The summed E-state index contributed by atoms with van der Waals surface area (Å²) in [5.74, 6) is 0.424. The molecule has 2 aromatic carbocycles. The number of hydrogen-bond acceptors (Lipinski definition) is 9. The predicted molar refractivity (Wildman–Crippen MR) is 148 cm³/mol. The third kappa shape index (κ3) is 6.73. The zero-order valence-corrected chi connectivity index (χ0v) is 23.6. The van der Waals surface area contributed by atoms with E-state index in [9.17, 15) is 23.3 Å². The van der Waals surface area contributed by atoms with E-state index < -0.39 is 31.4 Å². The van der Waals surface area contributed by atoms with Crippen LogP contribution in [0.25, 0.3) is 5.69 Å². The minimum atomic E-state index is -4.22. The van der Waals surface area contributed by atoms with Crippen LogP contribution < -0.4 is 19.5 Å². The number of carbonyl (C=O) groups excluding carboxylic acids is 1. The Balaban J connectivity index is 1.80. The number of aromatic nitrogens is 2. The molecule has 0 spiro atoms. The highest BCUT2D eigenvalue weighted by atomic mass is 32.2. The third-order valence-electron chi connectivity index (χ3n) is 5.92. The molecule has 41 heavy (non-hydrogen) atoms. The van der Waals surface area contributed by atoms with Crippen LogP contribution in [0.1, 0.15) is 35.7 Å². The second kappa shape index (κ2) is 12.2. The summed E-state index contributed by atoms with van der Waals surface area (Å²) in [6.45, 7) is 5.46. The van der Waals surface area contributed by atoms with E-state index in [1.54, 1.807) is 43.3 Å². The van der Waals surface area contributed by atoms with Crippen LogP contribution in [-0.2, 0) is 16.6 Å². The first kappa shape index (κ1) is 29.3. The van der Waals surface area contributed by atoms with E-state index in [1.807, 2.05) is 13.8 Å². The van der Waals surface area contributed by atoms with Crippen LogP contribution in [-0.4, -0.2) is 42.7 Å². The molecular weight excluding hydrogens is 554 g/mol. The van der Waals surface area contributed by atoms with Crippen molar-refractivity contribution in [1.29, 1.82) is 0 Å². The highest BCUT2D eigenvalue weighted by Gasteiger charge is 2.28. The molecule has 13 nitrogen and oxygen atoms in total. The number of rotatable bonds is 12. The topological polar surface area (TPSA) is 168 Å². The molecule has 0 unspecified atom stereocenters. The lowest BCUT2D eigenvalue weighted by molar-refractivity contribution is -0.385. The normalized spacial score (nSPS) is 11.4. The van der Waals surface area contributed by atoms with E-state index in [2.05, 4.69) is 15.1 Å². The molecule has 4 rings (SSSR count). The lowest BCUT2D eigenvalue weighted by Crippen LogP contribution is -2.28. The SMILES string of the molecule is COc1ccc(-n2nc(C(=O)NCc3ccco3)c(C)c2Oc2ccc([N+](=O)[O-])cc2S(=O)(=O)NCC(C)C)cc1. The lowest BCUT2D eigenvalue weighted by atomic mass is 10.2. The molecule has 0 fully saturated rings. The number of furan rings is 1. The van der Waals surface area contributed by atoms with Gasteiger partial charge in [0.15, 0.2) is 5.69 Å². The van der Waals surface area contributed by atoms with Crippen LogP contribution in [0, 0.1) is 23.0 Å². The number of benzene rings is 2. The van der Waals surface area contributed by atoms with Crippen molar-refractivity contribution < 1.29 is 32.0 Å². The Hall–Kier alpha value is -4.69. The van der Waals surface area contributed by atoms with Gasteiger partial charge in [-0.1, -0.05) is 13.8 Å². The predicted octanol–water partition coefficient (Wildman–Crippen LogP) is 4.35. The number of nitro groups is 1. The fourth-order valence-electron chi connectivity index (χ4n) is 3.74. The summed E-state index contributed by atoms with van der Waals surface area (Å²) in [4.78, 5) is 23.5. The zero-order chi connectivity index (χ0) is 29.7. The van der Waals surface area contributed by atoms with Gasteiger partial charge in [0.25, 0.3) is 11.6 Å². The molecule has 0 aliphatic rings. The van der Waals surface area contributed by atoms with Crippen molar-refractivity contribution in [3.63, 3.8) is 0 Å². The van der Waals surface area contributed by atoms with Crippen molar-refractivity contribution in [3.05, 3.63) is 88.0 Å². The van der Waals surface area contributed by atoms with Gasteiger partial charge in [-0.25, -0.2) is 13.1 Å². The summed E-state index contributed by atoms with van der Waals surface area (Å²) in [6, 6.07) is 13.4. The van der Waals surface area contributed by atoms with Gasteiger partial charge in [-0.3, -0.25) is 14.9 Å². The van der Waals surface area contributed by atoms with Gasteiger partial charge in [-0.15, -0.1) is 0 Å². The summed E-state index contributed by atoms with van der Waals surface area (Å²) in [7, 11) is -2.70. The molecule has 2 heterocycles. The molecule has 0 bridgehead atoms. The highest BCUT2D eigenvalue weighted by Crippen LogP contribution is 2.36. The molecule has 0 atom stereocenters. The smallest absolute Gasteiger partial charge is 0.272 e. The van der Waals surface area contributed by atoms with Crippen molar-refractivity contribution in [2.45, 2.75) is 32.2 Å². The van der Waals surface area contributed by atoms with Crippen LogP contribution in [0.5, 0.6) is 17.4 Å². The second-order valence-electron chi connectivity index (χ2n) is 9.39. The van der Waals surface area contributed by atoms with Gasteiger partial charge in [0.2, 0.25) is 15.9 Å². The maximum absolute atomic E-state index is 13.2. The largest absolute Gasteiger partial charge is 0.497 e. The molecule has 0 aliphatic heterocycles. The number of sulfonamides is 1. The number of nitrogens with zero attached hydrogens (tertiary/aromatic N) is 3. The zero-order valence-electron chi connectivity index (χ0n) is 22.8. The molecular formula is C27H29N5O8S. The van der Waals surface area contributed by atoms with Crippen molar-refractivity contribution in [1.82, 2.24) is 19.8 Å². The minimum absolute atomic E-state index is 0.0196. The van der Waals surface area contributed by atoms with Gasteiger partial charge in [0.05, 0.1) is 30.5 Å². The van der Waals surface area contributed by atoms with Gasteiger partial charge < -0.3 is 19.2 Å². The summed E-state index contributed by atoms with van der Waals surface area (Å²) >= 11 is 0. The van der Waals surface area contributed by atoms with E-state index in [0.29, 0.717) is 22.8 Å². The van der Waals surface area contributed by atoms with Gasteiger partial charge >= 0.3 is 0 Å². The Morgan fingerprint density at radius 1 is 1.17 bits per heavy atom. The summed E-state index contributed by atoms with van der Waals surface area (Å²) in [5.41, 5.74) is 0.375. The maximum atomic E-state index is 13.2. The molecule has 1 amide bonds. The van der Waals surface area contributed by atoms with Crippen molar-refractivity contribution in [3.8, 4) is 23.1 Å². The van der Waals surface area contributed by atoms with Crippen LogP contribution in [0.3, 0.4) is 0 Å². The quantitative estimate of drug-likeness (QED) is 0.182. The molecule has 2 N–H and O–H groups in total. The van der Waals surface area contributed by atoms with Crippen LogP contribution >= 0.6 is 0 Å². The molecule has 0 saturated carbocycles. The van der Waals surface area contributed by atoms with Crippen LogP contribution in [0.2, 0.25) is 0 Å². The molecule has 14 heteroatoms. The summed E-state index contributed by atoms with van der Waals surface area (Å²) < 4.78 is 46.9. The molecule has 0 aliphatic carbocycles. The average Bonchev–Trinajstić information content (AvgIpc) is 3.59. The Bertz CT molecular complexity index is 1650.